The number of halogens is 2. The van der Waals surface area contributed by atoms with Gasteiger partial charge in [-0.2, -0.15) is 13.8 Å². The molecule has 0 bridgehead atoms. The zero-order valence-corrected chi connectivity index (χ0v) is 13.8. The summed E-state index contributed by atoms with van der Waals surface area (Å²) in [7, 11) is 0. The Bertz CT molecular complexity index is 998. The van der Waals surface area contributed by atoms with E-state index in [1.807, 2.05) is 0 Å². The molecule has 0 aliphatic heterocycles. The van der Waals surface area contributed by atoms with Crippen LogP contribution in [-0.2, 0) is 0 Å². The third kappa shape index (κ3) is 4.12. The van der Waals surface area contributed by atoms with Crippen LogP contribution in [0.2, 0.25) is 0 Å². The lowest BCUT2D eigenvalue weighted by atomic mass is 10.2. The summed E-state index contributed by atoms with van der Waals surface area (Å²) in [6, 6.07) is 7.89. The highest BCUT2D eigenvalue weighted by atomic mass is 19.1. The van der Waals surface area contributed by atoms with Crippen LogP contribution in [0.5, 0.6) is 0 Å². The van der Waals surface area contributed by atoms with E-state index in [2.05, 4.69) is 20.6 Å². The van der Waals surface area contributed by atoms with E-state index in [0.29, 0.717) is 0 Å². The molecule has 1 heterocycles. The number of hydrogen-bond donors (Lipinski definition) is 2. The third-order valence-electron chi connectivity index (χ3n) is 3.47. The van der Waals surface area contributed by atoms with Gasteiger partial charge in [-0.25, -0.2) is 4.98 Å². The van der Waals surface area contributed by atoms with Crippen LogP contribution in [0.25, 0.3) is 0 Å². The van der Waals surface area contributed by atoms with Crippen LogP contribution in [0.15, 0.2) is 48.7 Å². The van der Waals surface area contributed by atoms with E-state index >= 15 is 0 Å². The molecule has 0 amide bonds. The molecule has 0 saturated heterocycles. The predicted molar refractivity (Wildman–Crippen MR) is 94.7 cm³/mol. The molecule has 12 heteroatoms. The Morgan fingerprint density at radius 3 is 1.89 bits per heavy atom. The monoisotopic (exact) mass is 388 g/mol. The molecule has 0 aliphatic rings. The summed E-state index contributed by atoms with van der Waals surface area (Å²) in [5.41, 5.74) is -1.01. The minimum atomic E-state index is -0.982. The maximum absolute atomic E-state index is 13.4. The van der Waals surface area contributed by atoms with Crippen molar-refractivity contribution in [2.45, 2.75) is 0 Å². The van der Waals surface area contributed by atoms with Gasteiger partial charge in [-0.1, -0.05) is 0 Å². The van der Waals surface area contributed by atoms with Crippen LogP contribution < -0.4 is 10.6 Å². The largest absolute Gasteiger partial charge is 0.340 e. The smallest absolute Gasteiger partial charge is 0.306 e. The molecule has 3 rings (SSSR count). The van der Waals surface area contributed by atoms with E-state index in [1.165, 1.54) is 24.4 Å². The normalized spacial score (nSPS) is 10.4. The highest BCUT2D eigenvalue weighted by molar-refractivity contribution is 5.62. The van der Waals surface area contributed by atoms with Gasteiger partial charge in [0.15, 0.2) is 0 Å². The summed E-state index contributed by atoms with van der Waals surface area (Å²) in [6.45, 7) is 0. The standard InChI is InChI=1S/C16H10F2N6O4/c17-11-3-1-9(7-13(11)23(25)26)20-15-5-6-19-16(22-15)21-10-2-4-12(18)14(8-10)24(27)28/h1-8H,(H2,19,20,21,22). The van der Waals surface area contributed by atoms with E-state index in [0.717, 1.165) is 24.3 Å². The molecule has 10 nitrogen and oxygen atoms in total. The van der Waals surface area contributed by atoms with Crippen molar-refractivity contribution in [1.82, 2.24) is 9.97 Å². The second-order valence-corrected chi connectivity index (χ2v) is 5.36. The number of aromatic nitrogens is 2. The first-order valence-electron chi connectivity index (χ1n) is 7.58. The number of hydrogen-bond acceptors (Lipinski definition) is 8. The number of nitrogens with zero attached hydrogens (tertiary/aromatic N) is 4. The van der Waals surface area contributed by atoms with E-state index in [1.54, 1.807) is 0 Å². The predicted octanol–water partition coefficient (Wildman–Crippen LogP) is 4.06. The number of nitro benzene ring substituents is 2. The molecule has 0 saturated carbocycles. The van der Waals surface area contributed by atoms with Crippen molar-refractivity contribution in [2.24, 2.45) is 0 Å². The Balaban J connectivity index is 1.82. The number of rotatable bonds is 6. The highest BCUT2D eigenvalue weighted by Crippen LogP contribution is 2.25. The van der Waals surface area contributed by atoms with Gasteiger partial charge in [0.25, 0.3) is 0 Å². The summed E-state index contributed by atoms with van der Waals surface area (Å²) in [5.74, 6) is -1.71. The summed E-state index contributed by atoms with van der Waals surface area (Å²) in [5, 5.41) is 27.1. The molecule has 28 heavy (non-hydrogen) atoms. The number of benzene rings is 2. The summed E-state index contributed by atoms with van der Waals surface area (Å²) < 4.78 is 26.8. The molecule has 1 aromatic heterocycles. The van der Waals surface area contributed by atoms with Crippen molar-refractivity contribution in [3.8, 4) is 0 Å². The second kappa shape index (κ2) is 7.57. The lowest BCUT2D eigenvalue weighted by Gasteiger charge is -2.09. The molecule has 2 aromatic carbocycles. The van der Waals surface area contributed by atoms with Crippen molar-refractivity contribution in [2.75, 3.05) is 10.6 Å². The van der Waals surface area contributed by atoms with Crippen LogP contribution in [0.3, 0.4) is 0 Å². The Kier molecular flexibility index (Phi) is 5.02. The molecule has 0 unspecified atom stereocenters. The van der Waals surface area contributed by atoms with Crippen LogP contribution >= 0.6 is 0 Å². The van der Waals surface area contributed by atoms with Crippen molar-refractivity contribution in [1.29, 1.82) is 0 Å². The van der Waals surface area contributed by atoms with Crippen LogP contribution in [0.1, 0.15) is 0 Å². The van der Waals surface area contributed by atoms with E-state index in [9.17, 15) is 29.0 Å². The lowest BCUT2D eigenvalue weighted by molar-refractivity contribution is -0.387. The molecule has 0 radical (unpaired) electrons. The van der Waals surface area contributed by atoms with Gasteiger partial charge in [0.2, 0.25) is 17.6 Å². The SMILES string of the molecule is O=[N+]([O-])c1cc(Nc2ccnc(Nc3ccc(F)c([N+](=O)[O-])c3)n2)ccc1F. The van der Waals surface area contributed by atoms with E-state index < -0.39 is 32.9 Å². The fourth-order valence-corrected chi connectivity index (χ4v) is 2.23. The molecular weight excluding hydrogens is 378 g/mol. The quantitative estimate of drug-likeness (QED) is 0.476. The summed E-state index contributed by atoms with van der Waals surface area (Å²) in [4.78, 5) is 27.9. The van der Waals surface area contributed by atoms with Crippen molar-refractivity contribution in [3.63, 3.8) is 0 Å². The number of nitro groups is 2. The first-order valence-corrected chi connectivity index (χ1v) is 7.58. The second-order valence-electron chi connectivity index (χ2n) is 5.36. The van der Waals surface area contributed by atoms with Gasteiger partial charge in [-0.05, 0) is 30.3 Å². The van der Waals surface area contributed by atoms with Crippen LogP contribution in [0, 0.1) is 31.9 Å². The zero-order chi connectivity index (χ0) is 20.3. The topological polar surface area (TPSA) is 136 Å². The first kappa shape index (κ1) is 18.6. The van der Waals surface area contributed by atoms with Crippen molar-refractivity contribution < 1.29 is 18.6 Å². The number of anilines is 4. The number of nitrogens with one attached hydrogen (secondary N) is 2. The lowest BCUT2D eigenvalue weighted by Crippen LogP contribution is -2.02. The van der Waals surface area contributed by atoms with Crippen LogP contribution in [-0.4, -0.2) is 19.8 Å². The Morgan fingerprint density at radius 2 is 1.36 bits per heavy atom. The highest BCUT2D eigenvalue weighted by Gasteiger charge is 2.16. The fraction of sp³-hybridized carbons (Fsp3) is 0. The molecule has 2 N–H and O–H groups in total. The Labute approximate surface area is 155 Å². The molecule has 0 fully saturated rings. The summed E-state index contributed by atoms with van der Waals surface area (Å²) in [6.07, 6.45) is 1.35. The molecular formula is C16H10F2N6O4. The molecule has 3 aromatic rings. The maximum atomic E-state index is 13.4. The van der Waals surface area contributed by atoms with Gasteiger partial charge in [-0.15, -0.1) is 0 Å². The molecule has 0 aliphatic carbocycles. The minimum absolute atomic E-state index is 0.0301. The van der Waals surface area contributed by atoms with Gasteiger partial charge in [0.1, 0.15) is 5.82 Å². The van der Waals surface area contributed by atoms with Gasteiger partial charge < -0.3 is 10.6 Å². The zero-order valence-electron chi connectivity index (χ0n) is 13.8. The molecule has 0 spiro atoms. The minimum Gasteiger partial charge on any atom is -0.340 e. The molecule has 142 valence electrons. The van der Waals surface area contributed by atoms with E-state index in [-0.39, 0.29) is 23.1 Å². The maximum Gasteiger partial charge on any atom is 0.306 e. The third-order valence-corrected chi connectivity index (χ3v) is 3.47. The van der Waals surface area contributed by atoms with Gasteiger partial charge in [-0.3, -0.25) is 20.2 Å². The van der Waals surface area contributed by atoms with Gasteiger partial charge in [0, 0.05) is 29.7 Å². The van der Waals surface area contributed by atoms with Gasteiger partial charge in [0.05, 0.1) is 9.85 Å². The fourth-order valence-electron chi connectivity index (χ4n) is 2.23. The van der Waals surface area contributed by atoms with Crippen molar-refractivity contribution >= 4 is 34.5 Å². The first-order chi connectivity index (χ1) is 13.3. The summed E-state index contributed by atoms with van der Waals surface area (Å²) >= 11 is 0. The van der Waals surface area contributed by atoms with Crippen LogP contribution in [0.4, 0.5) is 43.3 Å². The average Bonchev–Trinajstić information content (AvgIpc) is 2.65. The average molecular weight is 388 g/mol. The van der Waals surface area contributed by atoms with E-state index in [4.69, 9.17) is 0 Å². The Hall–Kier alpha value is -4.22. The van der Waals surface area contributed by atoms with Crippen molar-refractivity contribution in [3.05, 3.63) is 80.5 Å². The Morgan fingerprint density at radius 1 is 0.821 bits per heavy atom. The van der Waals surface area contributed by atoms with Gasteiger partial charge >= 0.3 is 11.4 Å². The molecule has 0 atom stereocenters.